The third-order valence-corrected chi connectivity index (χ3v) is 7.08. The summed E-state index contributed by atoms with van der Waals surface area (Å²) in [6.07, 6.45) is 6.36. The maximum Gasteiger partial charge on any atom is 0.0486 e. The van der Waals surface area contributed by atoms with Crippen molar-refractivity contribution in [2.45, 2.75) is 64.6 Å². The fourth-order valence-electron chi connectivity index (χ4n) is 5.54. The van der Waals surface area contributed by atoms with E-state index in [-0.39, 0.29) is 0 Å². The number of nitrogens with zero attached hydrogens (tertiary/aromatic N) is 2. The fraction of sp³-hybridized carbons (Fsp3) is 0.440. The molecule has 2 bridgehead atoms. The largest absolute Gasteiger partial charge is 0.344 e. The average Bonchev–Trinajstić information content (AvgIpc) is 2.93. The summed E-state index contributed by atoms with van der Waals surface area (Å²) in [7, 11) is 2.35. The van der Waals surface area contributed by atoms with E-state index in [1.54, 1.807) is 11.3 Å². The molecular weight excluding hydrogens is 328 g/mol. The Morgan fingerprint density at radius 3 is 2.74 bits per heavy atom. The van der Waals surface area contributed by atoms with Crippen molar-refractivity contribution in [2.24, 2.45) is 0 Å². The van der Waals surface area contributed by atoms with Crippen molar-refractivity contribution in [2.75, 3.05) is 7.05 Å². The van der Waals surface area contributed by atoms with Crippen LogP contribution >= 0.6 is 0 Å². The van der Waals surface area contributed by atoms with Gasteiger partial charge in [-0.1, -0.05) is 35.9 Å². The first kappa shape index (κ1) is 17.1. The Bertz CT molecular complexity index is 997. The van der Waals surface area contributed by atoms with Crippen LogP contribution in [0.4, 0.5) is 0 Å². The molecule has 2 aliphatic heterocycles. The molecule has 2 unspecified atom stereocenters. The maximum absolute atomic E-state index is 2.67. The van der Waals surface area contributed by atoms with Gasteiger partial charge in [-0.3, -0.25) is 4.90 Å². The standard InChI is InChI=1S/C25H30N2/c1-17-11-12-22-21(15-17)25-23-10-6-9-20(26(23)3)16-24(25)27(22)14-13-19-8-5-4-7-18(19)2/h4-5,7-8,11-12,15,20,23H,6,9-10,13-14,16H2,1-3H3. The minimum atomic E-state index is 0.608. The smallest absolute Gasteiger partial charge is 0.0486 e. The van der Waals surface area contributed by atoms with Crippen LogP contribution in [0.15, 0.2) is 42.5 Å². The molecule has 2 nitrogen and oxygen atoms in total. The molecular formula is C25H30N2. The van der Waals surface area contributed by atoms with Crippen molar-refractivity contribution in [1.29, 1.82) is 0 Å². The highest BCUT2D eigenvalue weighted by Crippen LogP contribution is 2.45. The van der Waals surface area contributed by atoms with Crippen molar-refractivity contribution < 1.29 is 0 Å². The molecule has 0 amide bonds. The van der Waals surface area contributed by atoms with Crippen LogP contribution in [0.2, 0.25) is 0 Å². The Balaban J connectivity index is 1.62. The van der Waals surface area contributed by atoms with Gasteiger partial charge in [0.2, 0.25) is 0 Å². The molecule has 1 aromatic heterocycles. The number of aromatic nitrogens is 1. The molecule has 2 heteroatoms. The molecule has 2 aliphatic rings. The predicted octanol–water partition coefficient (Wildman–Crippen LogP) is 5.58. The molecule has 3 heterocycles. The van der Waals surface area contributed by atoms with Gasteiger partial charge in [-0.25, -0.2) is 0 Å². The molecule has 2 aromatic carbocycles. The minimum absolute atomic E-state index is 0.608. The summed E-state index contributed by atoms with van der Waals surface area (Å²) >= 11 is 0. The summed E-state index contributed by atoms with van der Waals surface area (Å²) in [6.45, 7) is 5.55. The Morgan fingerprint density at radius 1 is 1.04 bits per heavy atom. The van der Waals surface area contributed by atoms with Crippen LogP contribution in [0.5, 0.6) is 0 Å². The van der Waals surface area contributed by atoms with E-state index in [1.165, 1.54) is 53.3 Å². The second-order valence-electron chi connectivity index (χ2n) is 8.68. The third-order valence-electron chi connectivity index (χ3n) is 7.08. The number of piperidine rings is 1. The first-order chi connectivity index (χ1) is 13.1. The van der Waals surface area contributed by atoms with E-state index in [2.05, 4.69) is 72.8 Å². The molecule has 0 spiro atoms. The van der Waals surface area contributed by atoms with Gasteiger partial charge in [0.15, 0.2) is 0 Å². The van der Waals surface area contributed by atoms with E-state index in [4.69, 9.17) is 0 Å². The van der Waals surface area contributed by atoms with Crippen molar-refractivity contribution in [1.82, 2.24) is 9.47 Å². The van der Waals surface area contributed by atoms with Gasteiger partial charge in [-0.15, -0.1) is 0 Å². The monoisotopic (exact) mass is 358 g/mol. The van der Waals surface area contributed by atoms with Gasteiger partial charge in [0, 0.05) is 41.6 Å². The van der Waals surface area contributed by atoms with Gasteiger partial charge in [0.05, 0.1) is 0 Å². The number of fused-ring (bicyclic) bond motifs is 6. The van der Waals surface area contributed by atoms with E-state index >= 15 is 0 Å². The van der Waals surface area contributed by atoms with Gasteiger partial charge in [0.1, 0.15) is 0 Å². The van der Waals surface area contributed by atoms with Crippen LogP contribution in [0.3, 0.4) is 0 Å². The number of hydrogen-bond donors (Lipinski definition) is 0. The lowest BCUT2D eigenvalue weighted by Crippen LogP contribution is -2.44. The summed E-state index contributed by atoms with van der Waals surface area (Å²) < 4.78 is 2.66. The topological polar surface area (TPSA) is 8.17 Å². The number of hydrogen-bond acceptors (Lipinski definition) is 1. The fourth-order valence-corrected chi connectivity index (χ4v) is 5.54. The van der Waals surface area contributed by atoms with Crippen molar-refractivity contribution in [3.05, 3.63) is 70.4 Å². The van der Waals surface area contributed by atoms with Gasteiger partial charge in [0.25, 0.3) is 0 Å². The zero-order valence-electron chi connectivity index (χ0n) is 16.8. The summed E-state index contributed by atoms with van der Waals surface area (Å²) in [5.41, 5.74) is 8.97. The molecule has 1 fully saturated rings. The summed E-state index contributed by atoms with van der Waals surface area (Å²) in [5, 5.41) is 1.51. The second kappa shape index (κ2) is 6.53. The SMILES string of the molecule is Cc1ccc2c(c1)c1c(n2CCc2ccccc2C)CC2CCCC1N2C. The van der Waals surface area contributed by atoms with Crippen molar-refractivity contribution in [3.8, 4) is 0 Å². The van der Waals surface area contributed by atoms with Crippen LogP contribution in [0.25, 0.3) is 10.9 Å². The molecule has 0 aliphatic carbocycles. The lowest BCUT2D eigenvalue weighted by Gasteiger charge is -2.44. The van der Waals surface area contributed by atoms with Crippen molar-refractivity contribution in [3.63, 3.8) is 0 Å². The number of aryl methyl sites for hydroxylation is 4. The normalized spacial score (nSPS) is 22.2. The van der Waals surface area contributed by atoms with Crippen molar-refractivity contribution >= 4 is 10.9 Å². The van der Waals surface area contributed by atoms with Crippen LogP contribution in [-0.4, -0.2) is 22.6 Å². The molecule has 0 N–H and O–H groups in total. The van der Waals surface area contributed by atoms with Crippen LogP contribution in [0.1, 0.15) is 53.3 Å². The van der Waals surface area contributed by atoms with E-state index in [0.29, 0.717) is 6.04 Å². The molecule has 0 saturated carbocycles. The lowest BCUT2D eigenvalue weighted by atomic mass is 9.82. The van der Waals surface area contributed by atoms with E-state index in [9.17, 15) is 0 Å². The second-order valence-corrected chi connectivity index (χ2v) is 8.68. The third kappa shape index (κ3) is 2.73. The molecule has 140 valence electrons. The molecule has 1 saturated heterocycles. The molecule has 2 atom stereocenters. The van der Waals surface area contributed by atoms with Crippen LogP contribution in [0, 0.1) is 13.8 Å². The highest BCUT2D eigenvalue weighted by molar-refractivity contribution is 5.87. The first-order valence-electron chi connectivity index (χ1n) is 10.5. The minimum Gasteiger partial charge on any atom is -0.344 e. The summed E-state index contributed by atoms with van der Waals surface area (Å²) in [6, 6.07) is 17.3. The lowest BCUT2D eigenvalue weighted by molar-refractivity contribution is 0.0988. The summed E-state index contributed by atoms with van der Waals surface area (Å²) in [4.78, 5) is 2.67. The number of benzene rings is 2. The highest BCUT2D eigenvalue weighted by Gasteiger charge is 2.38. The Kier molecular flexibility index (Phi) is 4.12. The Hall–Kier alpha value is -2.06. The highest BCUT2D eigenvalue weighted by atomic mass is 15.2. The van der Waals surface area contributed by atoms with E-state index in [0.717, 1.165) is 19.0 Å². The van der Waals surface area contributed by atoms with Crippen LogP contribution < -0.4 is 0 Å². The van der Waals surface area contributed by atoms with E-state index < -0.39 is 0 Å². The number of rotatable bonds is 3. The van der Waals surface area contributed by atoms with Gasteiger partial charge >= 0.3 is 0 Å². The molecule has 3 aromatic rings. The first-order valence-corrected chi connectivity index (χ1v) is 10.5. The maximum atomic E-state index is 2.67. The van der Waals surface area contributed by atoms with Gasteiger partial charge in [-0.2, -0.15) is 0 Å². The zero-order valence-corrected chi connectivity index (χ0v) is 16.8. The van der Waals surface area contributed by atoms with E-state index in [1.807, 2.05) is 0 Å². The molecule has 27 heavy (non-hydrogen) atoms. The summed E-state index contributed by atoms with van der Waals surface area (Å²) in [5.74, 6) is 0. The van der Waals surface area contributed by atoms with Crippen LogP contribution in [-0.2, 0) is 19.4 Å². The number of likely N-dealkylation sites (N-methyl/N-ethyl adjacent to an activating group) is 1. The zero-order chi connectivity index (χ0) is 18.5. The van der Waals surface area contributed by atoms with Gasteiger partial charge in [-0.05, 0) is 75.4 Å². The average molecular weight is 359 g/mol. The van der Waals surface area contributed by atoms with Gasteiger partial charge < -0.3 is 4.57 Å². The Labute approximate surface area is 162 Å². The molecule has 5 rings (SSSR count). The molecule has 0 radical (unpaired) electrons. The quantitative estimate of drug-likeness (QED) is 0.593. The Morgan fingerprint density at radius 2 is 1.89 bits per heavy atom. The predicted molar refractivity (Wildman–Crippen MR) is 113 cm³/mol.